The molecule has 0 amide bonds. The highest BCUT2D eigenvalue weighted by molar-refractivity contribution is 9.10. The maximum absolute atomic E-state index is 13.0. The molecule has 2 nitrogen and oxygen atoms in total. The van der Waals surface area contributed by atoms with Crippen LogP contribution in [0.15, 0.2) is 16.6 Å². The highest BCUT2D eigenvalue weighted by Gasteiger charge is 2.07. The second kappa shape index (κ2) is 4.64. The number of benzene rings is 1. The third kappa shape index (κ3) is 2.72. The molecule has 0 aliphatic rings. The maximum Gasteiger partial charge on any atom is 0.140 e. The minimum absolute atomic E-state index is 0.196. The predicted molar refractivity (Wildman–Crippen MR) is 47.9 cm³/mol. The van der Waals surface area contributed by atoms with Gasteiger partial charge in [-0.3, -0.25) is 0 Å². The number of hydrogen-bond acceptors (Lipinski definition) is 2. The van der Waals surface area contributed by atoms with Crippen LogP contribution in [0.3, 0.4) is 0 Å². The van der Waals surface area contributed by atoms with E-state index in [1.807, 2.05) is 0 Å². The molecular formula is C8H8BrF2NO. The third-order valence-corrected chi connectivity index (χ3v) is 2.10. The summed E-state index contributed by atoms with van der Waals surface area (Å²) in [6.07, 6.45) is 0. The zero-order valence-electron chi connectivity index (χ0n) is 6.90. The molecule has 72 valence electrons. The fraction of sp³-hybridized carbons (Fsp3) is 0.250. The molecule has 0 atom stereocenters. The highest BCUT2D eigenvalue weighted by Crippen LogP contribution is 2.19. The van der Waals surface area contributed by atoms with E-state index in [0.29, 0.717) is 5.56 Å². The number of rotatable bonds is 3. The Morgan fingerprint density at radius 1 is 1.38 bits per heavy atom. The van der Waals surface area contributed by atoms with Crippen LogP contribution in [0, 0.1) is 11.6 Å². The largest absolute Gasteiger partial charge is 0.305 e. The van der Waals surface area contributed by atoms with Gasteiger partial charge in [-0.25, -0.2) is 8.78 Å². The summed E-state index contributed by atoms with van der Waals surface area (Å²) < 4.78 is 26.0. The first-order chi connectivity index (χ1) is 6.15. The summed E-state index contributed by atoms with van der Waals surface area (Å²) >= 11 is 2.96. The molecular weight excluding hydrogens is 244 g/mol. The van der Waals surface area contributed by atoms with Crippen molar-refractivity contribution in [3.05, 3.63) is 33.8 Å². The Morgan fingerprint density at radius 3 is 2.69 bits per heavy atom. The lowest BCUT2D eigenvalue weighted by atomic mass is 10.2. The van der Waals surface area contributed by atoms with Crippen molar-refractivity contribution in [1.82, 2.24) is 5.48 Å². The van der Waals surface area contributed by atoms with Crippen molar-refractivity contribution in [1.29, 1.82) is 0 Å². The van der Waals surface area contributed by atoms with Crippen LogP contribution in [0.2, 0.25) is 0 Å². The third-order valence-electron chi connectivity index (χ3n) is 1.50. The molecule has 5 heteroatoms. The number of nitrogens with one attached hydrogen (secondary N) is 1. The topological polar surface area (TPSA) is 21.3 Å². The van der Waals surface area contributed by atoms with Crippen molar-refractivity contribution >= 4 is 15.9 Å². The summed E-state index contributed by atoms with van der Waals surface area (Å²) in [6.45, 7) is 0.196. The molecule has 1 aromatic rings. The molecule has 0 aromatic heterocycles. The van der Waals surface area contributed by atoms with E-state index in [9.17, 15) is 8.78 Å². The van der Waals surface area contributed by atoms with Gasteiger partial charge in [-0.15, -0.1) is 0 Å². The van der Waals surface area contributed by atoms with E-state index < -0.39 is 11.6 Å². The van der Waals surface area contributed by atoms with Crippen LogP contribution < -0.4 is 5.48 Å². The van der Waals surface area contributed by atoms with Gasteiger partial charge in [0.1, 0.15) is 11.6 Å². The molecule has 0 radical (unpaired) electrons. The first-order valence-corrected chi connectivity index (χ1v) is 4.33. The van der Waals surface area contributed by atoms with Gasteiger partial charge in [-0.05, 0) is 22.0 Å². The first-order valence-electron chi connectivity index (χ1n) is 3.54. The Hall–Kier alpha value is -0.520. The van der Waals surface area contributed by atoms with Crippen LogP contribution in [0.5, 0.6) is 0 Å². The number of halogens is 3. The van der Waals surface area contributed by atoms with Crippen LogP contribution >= 0.6 is 15.9 Å². The molecule has 0 bridgehead atoms. The van der Waals surface area contributed by atoms with Crippen molar-refractivity contribution in [3.8, 4) is 0 Å². The van der Waals surface area contributed by atoms with E-state index in [4.69, 9.17) is 0 Å². The Kier molecular flexibility index (Phi) is 3.77. The Balaban J connectivity index is 2.88. The van der Waals surface area contributed by atoms with Crippen LogP contribution in [0.25, 0.3) is 0 Å². The van der Waals surface area contributed by atoms with Crippen LogP contribution in [0.1, 0.15) is 5.56 Å². The van der Waals surface area contributed by atoms with Crippen molar-refractivity contribution in [2.45, 2.75) is 6.54 Å². The monoisotopic (exact) mass is 251 g/mol. The molecule has 0 unspecified atom stereocenters. The number of hydrogen-bond donors (Lipinski definition) is 1. The van der Waals surface area contributed by atoms with E-state index in [-0.39, 0.29) is 11.0 Å². The summed E-state index contributed by atoms with van der Waals surface area (Å²) in [5.74, 6) is -1.20. The highest BCUT2D eigenvalue weighted by atomic mass is 79.9. The van der Waals surface area contributed by atoms with Crippen molar-refractivity contribution in [2.75, 3.05) is 7.11 Å². The molecule has 0 saturated carbocycles. The van der Waals surface area contributed by atoms with Crippen molar-refractivity contribution in [3.63, 3.8) is 0 Å². The van der Waals surface area contributed by atoms with Gasteiger partial charge in [0.25, 0.3) is 0 Å². The summed E-state index contributed by atoms with van der Waals surface area (Å²) in [6, 6.07) is 2.20. The zero-order valence-corrected chi connectivity index (χ0v) is 8.49. The standard InChI is InChI=1S/C8H8BrF2NO/c1-13-12-4-5-2-6(9)8(11)3-7(5)10/h2-3,12H,4H2,1H3. The molecule has 0 aliphatic heterocycles. The van der Waals surface area contributed by atoms with E-state index in [2.05, 4.69) is 26.2 Å². The van der Waals surface area contributed by atoms with Gasteiger partial charge in [-0.2, -0.15) is 5.48 Å². The molecule has 0 fully saturated rings. The van der Waals surface area contributed by atoms with Gasteiger partial charge >= 0.3 is 0 Å². The van der Waals surface area contributed by atoms with Gasteiger partial charge in [0, 0.05) is 18.2 Å². The molecule has 1 N–H and O–H groups in total. The lowest BCUT2D eigenvalue weighted by Gasteiger charge is -2.04. The average molecular weight is 252 g/mol. The van der Waals surface area contributed by atoms with E-state index >= 15 is 0 Å². The Morgan fingerprint density at radius 2 is 2.08 bits per heavy atom. The summed E-state index contributed by atoms with van der Waals surface area (Å²) in [5.41, 5.74) is 2.81. The van der Waals surface area contributed by atoms with Gasteiger partial charge in [0.2, 0.25) is 0 Å². The zero-order chi connectivity index (χ0) is 9.84. The van der Waals surface area contributed by atoms with Gasteiger partial charge in [0.05, 0.1) is 11.6 Å². The molecule has 0 aliphatic carbocycles. The van der Waals surface area contributed by atoms with E-state index in [1.165, 1.54) is 13.2 Å². The first kappa shape index (κ1) is 10.6. The van der Waals surface area contributed by atoms with Crippen molar-refractivity contribution < 1.29 is 13.6 Å². The summed E-state index contributed by atoms with van der Waals surface area (Å²) in [4.78, 5) is 4.55. The Labute approximate surface area is 83.0 Å². The van der Waals surface area contributed by atoms with Crippen LogP contribution in [0.4, 0.5) is 8.78 Å². The minimum atomic E-state index is -0.612. The second-order valence-electron chi connectivity index (χ2n) is 2.38. The summed E-state index contributed by atoms with van der Waals surface area (Å²) in [7, 11) is 1.43. The minimum Gasteiger partial charge on any atom is -0.305 e. The molecule has 0 heterocycles. The second-order valence-corrected chi connectivity index (χ2v) is 3.24. The fourth-order valence-electron chi connectivity index (χ4n) is 0.849. The van der Waals surface area contributed by atoms with E-state index in [1.54, 1.807) is 0 Å². The average Bonchev–Trinajstić information content (AvgIpc) is 2.09. The lowest BCUT2D eigenvalue weighted by Crippen LogP contribution is -2.12. The van der Waals surface area contributed by atoms with Crippen LogP contribution in [-0.4, -0.2) is 7.11 Å². The fourth-order valence-corrected chi connectivity index (χ4v) is 1.24. The molecule has 0 saturated heterocycles. The van der Waals surface area contributed by atoms with E-state index in [0.717, 1.165) is 6.07 Å². The predicted octanol–water partition coefficient (Wildman–Crippen LogP) is 2.38. The summed E-state index contributed by atoms with van der Waals surface area (Å²) in [5, 5.41) is 0. The molecule has 1 rings (SSSR count). The smallest absolute Gasteiger partial charge is 0.140 e. The SMILES string of the molecule is CONCc1cc(Br)c(F)cc1F. The van der Waals surface area contributed by atoms with Gasteiger partial charge < -0.3 is 4.84 Å². The normalized spacial score (nSPS) is 10.5. The maximum atomic E-state index is 13.0. The molecule has 13 heavy (non-hydrogen) atoms. The quantitative estimate of drug-likeness (QED) is 0.658. The van der Waals surface area contributed by atoms with Crippen molar-refractivity contribution in [2.24, 2.45) is 0 Å². The molecule has 1 aromatic carbocycles. The Bertz CT molecular complexity index is 306. The number of hydroxylamine groups is 1. The lowest BCUT2D eigenvalue weighted by molar-refractivity contribution is 0.0859. The molecule has 0 spiro atoms. The van der Waals surface area contributed by atoms with Gasteiger partial charge in [-0.1, -0.05) is 0 Å². The van der Waals surface area contributed by atoms with Gasteiger partial charge in [0.15, 0.2) is 0 Å². The van der Waals surface area contributed by atoms with Crippen LogP contribution in [-0.2, 0) is 11.4 Å².